The van der Waals surface area contributed by atoms with Gasteiger partial charge >= 0.3 is 0 Å². The molecule has 0 aromatic heterocycles. The maximum Gasteiger partial charge on any atom is 0.264 e. The molecule has 1 saturated heterocycles. The van der Waals surface area contributed by atoms with Gasteiger partial charge in [0.15, 0.2) is 6.10 Å². The highest BCUT2D eigenvalue weighted by Gasteiger charge is 2.36. The SMILES string of the molecule is CC(Oc1ccc(C#N)cc1)C(=O)N1CCCC1C(=O)Nc1cc(Cl)cc(Cl)c1. The number of halogens is 2. The number of nitriles is 1. The van der Waals surface area contributed by atoms with Crippen molar-refractivity contribution in [3.63, 3.8) is 0 Å². The molecule has 29 heavy (non-hydrogen) atoms. The van der Waals surface area contributed by atoms with Crippen LogP contribution < -0.4 is 10.1 Å². The van der Waals surface area contributed by atoms with Gasteiger partial charge in [-0.3, -0.25) is 9.59 Å². The second-order valence-electron chi connectivity index (χ2n) is 6.73. The smallest absolute Gasteiger partial charge is 0.264 e. The Labute approximate surface area is 179 Å². The topological polar surface area (TPSA) is 82.4 Å². The minimum absolute atomic E-state index is 0.267. The van der Waals surface area contributed by atoms with E-state index < -0.39 is 12.1 Å². The highest BCUT2D eigenvalue weighted by Crippen LogP contribution is 2.25. The summed E-state index contributed by atoms with van der Waals surface area (Å²) in [5.74, 6) is -0.0745. The zero-order chi connectivity index (χ0) is 21.0. The molecule has 3 rings (SSSR count). The van der Waals surface area contributed by atoms with Crippen LogP contribution >= 0.6 is 23.2 Å². The summed E-state index contributed by atoms with van der Waals surface area (Å²) in [6, 6.07) is 12.7. The molecule has 1 aliphatic heterocycles. The van der Waals surface area contributed by atoms with E-state index in [2.05, 4.69) is 5.32 Å². The largest absolute Gasteiger partial charge is 0.481 e. The van der Waals surface area contributed by atoms with E-state index in [1.807, 2.05) is 6.07 Å². The number of rotatable bonds is 5. The van der Waals surface area contributed by atoms with Gasteiger partial charge in [0.05, 0.1) is 11.6 Å². The summed E-state index contributed by atoms with van der Waals surface area (Å²) < 4.78 is 5.70. The van der Waals surface area contributed by atoms with Crippen LogP contribution in [-0.4, -0.2) is 35.4 Å². The second-order valence-corrected chi connectivity index (χ2v) is 7.61. The Kier molecular flexibility index (Phi) is 6.63. The summed E-state index contributed by atoms with van der Waals surface area (Å²) in [6.45, 7) is 2.12. The van der Waals surface area contributed by atoms with E-state index >= 15 is 0 Å². The van der Waals surface area contributed by atoms with Crippen LogP contribution in [0.3, 0.4) is 0 Å². The first-order valence-electron chi connectivity index (χ1n) is 9.11. The van der Waals surface area contributed by atoms with Crippen molar-refractivity contribution in [2.45, 2.75) is 31.9 Å². The molecule has 0 bridgehead atoms. The molecule has 8 heteroatoms. The van der Waals surface area contributed by atoms with Crippen LogP contribution in [0.5, 0.6) is 5.75 Å². The number of carbonyl (C=O) groups is 2. The van der Waals surface area contributed by atoms with Gasteiger partial charge in [0.2, 0.25) is 5.91 Å². The first kappa shape index (κ1) is 21.0. The van der Waals surface area contributed by atoms with Crippen molar-refractivity contribution in [1.29, 1.82) is 5.26 Å². The fraction of sp³-hybridized carbons (Fsp3) is 0.286. The van der Waals surface area contributed by atoms with Gasteiger partial charge in [-0.1, -0.05) is 23.2 Å². The quantitative estimate of drug-likeness (QED) is 0.766. The first-order chi connectivity index (χ1) is 13.9. The Morgan fingerprint density at radius 3 is 2.48 bits per heavy atom. The fourth-order valence-electron chi connectivity index (χ4n) is 3.25. The van der Waals surface area contributed by atoms with Crippen molar-refractivity contribution in [3.8, 4) is 11.8 Å². The van der Waals surface area contributed by atoms with E-state index in [-0.39, 0.29) is 11.8 Å². The van der Waals surface area contributed by atoms with Crippen molar-refractivity contribution in [2.75, 3.05) is 11.9 Å². The van der Waals surface area contributed by atoms with Crippen molar-refractivity contribution < 1.29 is 14.3 Å². The Morgan fingerprint density at radius 2 is 1.86 bits per heavy atom. The first-order valence-corrected chi connectivity index (χ1v) is 9.87. The molecule has 2 aromatic rings. The van der Waals surface area contributed by atoms with Gasteiger partial charge in [-0.15, -0.1) is 0 Å². The zero-order valence-corrected chi connectivity index (χ0v) is 17.2. The van der Waals surface area contributed by atoms with E-state index in [0.29, 0.717) is 40.0 Å². The number of hydrogen-bond acceptors (Lipinski definition) is 4. The Hall–Kier alpha value is -2.75. The van der Waals surface area contributed by atoms with Gasteiger partial charge in [-0.05, 0) is 62.2 Å². The molecule has 2 amide bonds. The number of benzene rings is 2. The molecule has 0 radical (unpaired) electrons. The van der Waals surface area contributed by atoms with E-state index in [9.17, 15) is 9.59 Å². The van der Waals surface area contributed by atoms with E-state index in [0.717, 1.165) is 6.42 Å². The number of carbonyl (C=O) groups excluding carboxylic acids is 2. The average molecular weight is 432 g/mol. The molecule has 2 unspecified atom stereocenters. The lowest BCUT2D eigenvalue weighted by molar-refractivity contribution is -0.142. The van der Waals surface area contributed by atoms with E-state index in [4.69, 9.17) is 33.2 Å². The third kappa shape index (κ3) is 5.20. The lowest BCUT2D eigenvalue weighted by atomic mass is 10.2. The van der Waals surface area contributed by atoms with Gasteiger partial charge in [0.25, 0.3) is 5.91 Å². The lowest BCUT2D eigenvalue weighted by Crippen LogP contribution is -2.47. The molecule has 2 atom stereocenters. The number of hydrogen-bond donors (Lipinski definition) is 1. The zero-order valence-electron chi connectivity index (χ0n) is 15.7. The Morgan fingerprint density at radius 1 is 1.21 bits per heavy atom. The number of amides is 2. The molecule has 1 fully saturated rings. The lowest BCUT2D eigenvalue weighted by Gasteiger charge is -2.27. The number of likely N-dealkylation sites (tertiary alicyclic amines) is 1. The molecule has 0 aliphatic carbocycles. The predicted octanol–water partition coefficient (Wildman–Crippen LogP) is 4.26. The Balaban J connectivity index is 1.65. The van der Waals surface area contributed by atoms with Crippen LogP contribution in [0.2, 0.25) is 10.0 Å². The number of nitrogens with one attached hydrogen (secondary N) is 1. The standard InChI is InChI=1S/C21H19Cl2N3O3/c1-13(29-18-6-4-14(12-24)5-7-18)21(28)26-8-2-3-19(26)20(27)25-17-10-15(22)9-16(23)11-17/h4-7,9-11,13,19H,2-3,8H2,1H3,(H,25,27). The fourth-order valence-corrected chi connectivity index (χ4v) is 3.78. The van der Waals surface area contributed by atoms with Gasteiger partial charge in [-0.2, -0.15) is 5.26 Å². The van der Waals surface area contributed by atoms with Gasteiger partial charge in [0, 0.05) is 22.3 Å². The van der Waals surface area contributed by atoms with Crippen molar-refractivity contribution in [1.82, 2.24) is 4.90 Å². The molecule has 1 N–H and O–H groups in total. The predicted molar refractivity (Wildman–Crippen MR) is 111 cm³/mol. The normalized spacial score (nSPS) is 16.8. The Bertz CT molecular complexity index is 936. The number of nitrogens with zero attached hydrogens (tertiary/aromatic N) is 2. The number of ether oxygens (including phenoxy) is 1. The summed E-state index contributed by atoms with van der Waals surface area (Å²) >= 11 is 12.0. The molecule has 150 valence electrons. The maximum absolute atomic E-state index is 12.9. The van der Waals surface area contributed by atoms with Gasteiger partial charge in [-0.25, -0.2) is 0 Å². The molecule has 2 aromatic carbocycles. The van der Waals surface area contributed by atoms with Crippen molar-refractivity contribution >= 4 is 40.7 Å². The van der Waals surface area contributed by atoms with Crippen LogP contribution in [-0.2, 0) is 9.59 Å². The van der Waals surface area contributed by atoms with Gasteiger partial charge in [0.1, 0.15) is 11.8 Å². The molecular weight excluding hydrogens is 413 g/mol. The molecule has 1 heterocycles. The summed E-state index contributed by atoms with van der Waals surface area (Å²) in [4.78, 5) is 27.2. The van der Waals surface area contributed by atoms with Crippen LogP contribution in [0.15, 0.2) is 42.5 Å². The highest BCUT2D eigenvalue weighted by atomic mass is 35.5. The van der Waals surface area contributed by atoms with Crippen LogP contribution in [0.1, 0.15) is 25.3 Å². The summed E-state index contributed by atoms with van der Waals surface area (Å²) in [5, 5.41) is 12.5. The van der Waals surface area contributed by atoms with Crippen LogP contribution in [0.25, 0.3) is 0 Å². The maximum atomic E-state index is 12.9. The third-order valence-electron chi connectivity index (χ3n) is 4.61. The minimum atomic E-state index is -0.767. The second kappa shape index (κ2) is 9.17. The summed E-state index contributed by atoms with van der Waals surface area (Å²) in [6.07, 6.45) is 0.524. The highest BCUT2D eigenvalue weighted by molar-refractivity contribution is 6.35. The van der Waals surface area contributed by atoms with E-state index in [1.165, 1.54) is 4.90 Å². The average Bonchev–Trinajstić information content (AvgIpc) is 3.17. The molecule has 6 nitrogen and oxygen atoms in total. The van der Waals surface area contributed by atoms with E-state index in [1.54, 1.807) is 49.4 Å². The summed E-state index contributed by atoms with van der Waals surface area (Å²) in [5.41, 5.74) is 0.988. The molecule has 0 spiro atoms. The van der Waals surface area contributed by atoms with Crippen molar-refractivity contribution in [2.24, 2.45) is 0 Å². The van der Waals surface area contributed by atoms with Crippen LogP contribution in [0, 0.1) is 11.3 Å². The molecular formula is C21H19Cl2N3O3. The summed E-state index contributed by atoms with van der Waals surface area (Å²) in [7, 11) is 0. The van der Waals surface area contributed by atoms with Gasteiger partial charge < -0.3 is 15.0 Å². The molecule has 1 aliphatic rings. The van der Waals surface area contributed by atoms with Crippen molar-refractivity contribution in [3.05, 3.63) is 58.1 Å². The third-order valence-corrected chi connectivity index (χ3v) is 5.05. The minimum Gasteiger partial charge on any atom is -0.481 e. The molecule has 0 saturated carbocycles. The monoisotopic (exact) mass is 431 g/mol. The van der Waals surface area contributed by atoms with Crippen LogP contribution in [0.4, 0.5) is 5.69 Å². The number of anilines is 1.